The van der Waals surface area contributed by atoms with Crippen LogP contribution in [0.1, 0.15) is 18.0 Å². The maximum absolute atomic E-state index is 13.0. The highest BCUT2D eigenvalue weighted by Gasteiger charge is 2.16. The molecule has 0 amide bonds. The summed E-state index contributed by atoms with van der Waals surface area (Å²) in [4.78, 5) is 0. The van der Waals surface area contributed by atoms with E-state index in [0.29, 0.717) is 16.5 Å². The van der Waals surface area contributed by atoms with Crippen LogP contribution in [0.15, 0.2) is 29.3 Å². The summed E-state index contributed by atoms with van der Waals surface area (Å²) < 4.78 is 13.6. The van der Waals surface area contributed by atoms with E-state index in [1.807, 2.05) is 0 Å². The van der Waals surface area contributed by atoms with Gasteiger partial charge in [0, 0.05) is 16.1 Å². The van der Waals surface area contributed by atoms with Gasteiger partial charge in [-0.05, 0) is 18.6 Å². The highest BCUT2D eigenvalue weighted by atomic mass is 79.9. The van der Waals surface area contributed by atoms with Crippen LogP contribution in [0, 0.1) is 5.82 Å². The van der Waals surface area contributed by atoms with Gasteiger partial charge in [0.15, 0.2) is 11.6 Å². The average Bonchev–Trinajstić information content (AvgIpc) is 2.13. The third kappa shape index (κ3) is 2.13. The molecule has 0 saturated carbocycles. The number of rotatable bonds is 3. The van der Waals surface area contributed by atoms with E-state index in [4.69, 9.17) is 5.73 Å². The van der Waals surface area contributed by atoms with Gasteiger partial charge in [-0.1, -0.05) is 22.0 Å². The van der Waals surface area contributed by atoms with Gasteiger partial charge in [0.05, 0.1) is 0 Å². The number of nitrogens with two attached hydrogens (primary N) is 1. The molecular formula is C10H11BrFNO. The predicted molar refractivity (Wildman–Crippen MR) is 57.5 cm³/mol. The Balaban J connectivity index is 3.17. The normalized spacial score (nSPS) is 12.5. The topological polar surface area (TPSA) is 46.2 Å². The van der Waals surface area contributed by atoms with Crippen molar-refractivity contribution in [2.45, 2.75) is 12.5 Å². The van der Waals surface area contributed by atoms with Gasteiger partial charge in [-0.2, -0.15) is 0 Å². The summed E-state index contributed by atoms with van der Waals surface area (Å²) in [5.74, 6) is -1.06. The number of phenolic OH excluding ortho intramolecular Hbond substituents is 1. The molecule has 0 bridgehead atoms. The lowest BCUT2D eigenvalue weighted by molar-refractivity contribution is 0.420. The van der Waals surface area contributed by atoms with Crippen molar-refractivity contribution in [3.8, 4) is 5.75 Å². The van der Waals surface area contributed by atoms with Gasteiger partial charge in [0.1, 0.15) is 0 Å². The molecule has 1 rings (SSSR count). The second kappa shape index (κ2) is 4.57. The number of phenols is 1. The standard InChI is InChI=1S/C10H11BrFNO/c1-2-3-8(13)9-6(11)4-5-7(12)10(9)14/h2,4-5,8,14H,1,3,13H2/t8-/m1/s1. The first-order chi connectivity index (χ1) is 6.57. The van der Waals surface area contributed by atoms with Gasteiger partial charge in [0.25, 0.3) is 0 Å². The molecule has 0 aliphatic rings. The van der Waals surface area contributed by atoms with Crippen molar-refractivity contribution >= 4 is 15.9 Å². The van der Waals surface area contributed by atoms with Gasteiger partial charge in [-0.25, -0.2) is 4.39 Å². The van der Waals surface area contributed by atoms with Gasteiger partial charge in [-0.15, -0.1) is 6.58 Å². The zero-order chi connectivity index (χ0) is 10.7. The Morgan fingerprint density at radius 1 is 1.64 bits per heavy atom. The molecule has 1 aromatic carbocycles. The Labute approximate surface area is 90.4 Å². The van der Waals surface area contributed by atoms with E-state index in [9.17, 15) is 9.50 Å². The third-order valence-corrected chi connectivity index (χ3v) is 2.60. The molecule has 0 aliphatic carbocycles. The van der Waals surface area contributed by atoms with Gasteiger partial charge in [0.2, 0.25) is 0 Å². The van der Waals surface area contributed by atoms with Crippen LogP contribution < -0.4 is 5.73 Å². The van der Waals surface area contributed by atoms with Gasteiger partial charge >= 0.3 is 0 Å². The molecule has 2 nitrogen and oxygen atoms in total. The fourth-order valence-corrected chi connectivity index (χ4v) is 1.82. The van der Waals surface area contributed by atoms with Crippen LogP contribution in [0.4, 0.5) is 4.39 Å². The maximum Gasteiger partial charge on any atom is 0.165 e. The van der Waals surface area contributed by atoms with E-state index in [0.717, 1.165) is 0 Å². The van der Waals surface area contributed by atoms with Crippen molar-refractivity contribution in [2.75, 3.05) is 0 Å². The third-order valence-electron chi connectivity index (χ3n) is 1.91. The molecule has 4 heteroatoms. The van der Waals surface area contributed by atoms with E-state index >= 15 is 0 Å². The zero-order valence-corrected chi connectivity index (χ0v) is 9.09. The monoisotopic (exact) mass is 259 g/mol. The van der Waals surface area contributed by atoms with Crippen molar-refractivity contribution in [1.29, 1.82) is 0 Å². The average molecular weight is 260 g/mol. The predicted octanol–water partition coefficient (Wildman–Crippen LogP) is 2.87. The lowest BCUT2D eigenvalue weighted by atomic mass is 10.0. The number of halogens is 2. The molecule has 14 heavy (non-hydrogen) atoms. The van der Waals surface area contributed by atoms with E-state index in [2.05, 4.69) is 22.5 Å². The quantitative estimate of drug-likeness (QED) is 0.821. The molecule has 1 aromatic rings. The Morgan fingerprint density at radius 3 is 2.86 bits per heavy atom. The highest BCUT2D eigenvalue weighted by Crippen LogP contribution is 2.34. The number of benzene rings is 1. The molecule has 0 heterocycles. The lowest BCUT2D eigenvalue weighted by Gasteiger charge is -2.13. The summed E-state index contributed by atoms with van der Waals surface area (Å²) in [6.07, 6.45) is 2.11. The van der Waals surface area contributed by atoms with Crippen molar-refractivity contribution in [3.05, 3.63) is 40.6 Å². The summed E-state index contributed by atoms with van der Waals surface area (Å²) in [6, 6.07) is 2.26. The zero-order valence-electron chi connectivity index (χ0n) is 7.50. The molecule has 0 radical (unpaired) electrons. The fraction of sp³-hybridized carbons (Fsp3) is 0.200. The fourth-order valence-electron chi connectivity index (χ4n) is 1.21. The number of aromatic hydroxyl groups is 1. The van der Waals surface area contributed by atoms with Crippen LogP contribution in [0.5, 0.6) is 5.75 Å². The highest BCUT2D eigenvalue weighted by molar-refractivity contribution is 9.10. The van der Waals surface area contributed by atoms with Gasteiger partial charge in [-0.3, -0.25) is 0 Å². The minimum atomic E-state index is -0.664. The van der Waals surface area contributed by atoms with Crippen LogP contribution in [0.25, 0.3) is 0 Å². The molecular weight excluding hydrogens is 249 g/mol. The summed E-state index contributed by atoms with van der Waals surface area (Å²) in [5.41, 5.74) is 6.13. The minimum Gasteiger partial charge on any atom is -0.505 e. The summed E-state index contributed by atoms with van der Waals surface area (Å²) in [6.45, 7) is 3.54. The van der Waals surface area contributed by atoms with Crippen LogP contribution in [-0.4, -0.2) is 5.11 Å². The smallest absolute Gasteiger partial charge is 0.165 e. The van der Waals surface area contributed by atoms with Crippen molar-refractivity contribution < 1.29 is 9.50 Å². The second-order valence-electron chi connectivity index (χ2n) is 2.92. The molecule has 0 aromatic heterocycles. The first-order valence-corrected chi connectivity index (χ1v) is 4.90. The summed E-state index contributed by atoms with van der Waals surface area (Å²) >= 11 is 3.21. The molecule has 1 atom stereocenters. The Hall–Kier alpha value is -0.870. The molecule has 0 saturated heterocycles. The Morgan fingerprint density at radius 2 is 2.29 bits per heavy atom. The number of hydrogen-bond acceptors (Lipinski definition) is 2. The molecule has 0 aliphatic heterocycles. The van der Waals surface area contributed by atoms with Crippen LogP contribution in [0.3, 0.4) is 0 Å². The van der Waals surface area contributed by atoms with Crippen molar-refractivity contribution in [3.63, 3.8) is 0 Å². The second-order valence-corrected chi connectivity index (χ2v) is 3.78. The summed E-state index contributed by atoms with van der Waals surface area (Å²) in [5, 5.41) is 9.46. The number of hydrogen-bond donors (Lipinski definition) is 2. The Bertz CT molecular complexity index is 354. The van der Waals surface area contributed by atoms with E-state index < -0.39 is 17.6 Å². The van der Waals surface area contributed by atoms with Crippen molar-refractivity contribution in [1.82, 2.24) is 0 Å². The van der Waals surface area contributed by atoms with Crippen LogP contribution >= 0.6 is 15.9 Å². The van der Waals surface area contributed by atoms with Crippen LogP contribution in [-0.2, 0) is 0 Å². The molecule has 76 valence electrons. The molecule has 3 N–H and O–H groups in total. The first kappa shape index (κ1) is 11.2. The SMILES string of the molecule is C=CC[C@@H](N)c1c(Br)ccc(F)c1O. The van der Waals surface area contributed by atoms with Crippen molar-refractivity contribution in [2.24, 2.45) is 5.73 Å². The maximum atomic E-state index is 13.0. The first-order valence-electron chi connectivity index (χ1n) is 4.11. The largest absolute Gasteiger partial charge is 0.505 e. The summed E-state index contributed by atoms with van der Waals surface area (Å²) in [7, 11) is 0. The minimum absolute atomic E-state index is 0.380. The molecule has 0 fully saturated rings. The molecule has 0 spiro atoms. The Kier molecular flexibility index (Phi) is 3.66. The molecule has 0 unspecified atom stereocenters. The van der Waals surface area contributed by atoms with Gasteiger partial charge < -0.3 is 10.8 Å². The lowest BCUT2D eigenvalue weighted by Crippen LogP contribution is -2.10. The van der Waals surface area contributed by atoms with E-state index in [1.54, 1.807) is 6.08 Å². The van der Waals surface area contributed by atoms with Crippen LogP contribution in [0.2, 0.25) is 0 Å². The van der Waals surface area contributed by atoms with E-state index in [1.165, 1.54) is 12.1 Å². The van der Waals surface area contributed by atoms with E-state index in [-0.39, 0.29) is 0 Å².